The molecule has 1 saturated heterocycles. The second-order valence-corrected chi connectivity index (χ2v) is 9.24. The van der Waals surface area contributed by atoms with Crippen LogP contribution in [0.3, 0.4) is 0 Å². The molecule has 2 aromatic carbocycles. The summed E-state index contributed by atoms with van der Waals surface area (Å²) in [6.07, 6.45) is 2.56. The molecule has 4 rings (SSSR count). The largest absolute Gasteiger partial charge is 0.386 e. The van der Waals surface area contributed by atoms with Gasteiger partial charge in [-0.05, 0) is 65.8 Å². The van der Waals surface area contributed by atoms with Crippen LogP contribution in [0.4, 0.5) is 24.5 Å². The van der Waals surface area contributed by atoms with Gasteiger partial charge in [0, 0.05) is 15.5 Å². The molecular weight excluding hydrogens is 510 g/mol. The molecule has 0 spiro atoms. The first kappa shape index (κ1) is 21.4. The molecule has 9 heteroatoms. The Balaban J connectivity index is 1.58. The van der Waals surface area contributed by atoms with Crippen molar-refractivity contribution in [3.8, 4) is 0 Å². The number of carbonyl (C=O) groups is 1. The standard InChI is InChI=1S/C21H21F3IN3O2/c22-14-6-5-12(19(18(14)24)27-17-7-4-11(25)8-15(17)23)20(29)28-9-21(30,10-28)13-2-1-3-16(13)26/h4-8,13,16,27,30H,1-3,9-10,26H2. The number of amides is 1. The molecule has 1 saturated carbocycles. The lowest BCUT2D eigenvalue weighted by molar-refractivity contribution is -0.121. The second kappa shape index (κ2) is 8.01. The number of nitrogens with two attached hydrogens (primary N) is 1. The number of carbonyl (C=O) groups excluding carboxylic acids is 1. The molecule has 2 aromatic rings. The molecule has 1 amide bonds. The molecule has 2 fully saturated rings. The number of halogens is 4. The summed E-state index contributed by atoms with van der Waals surface area (Å²) < 4.78 is 43.3. The maximum atomic E-state index is 14.6. The smallest absolute Gasteiger partial charge is 0.256 e. The summed E-state index contributed by atoms with van der Waals surface area (Å²) >= 11 is 1.93. The number of hydrogen-bond acceptors (Lipinski definition) is 4. The molecule has 30 heavy (non-hydrogen) atoms. The van der Waals surface area contributed by atoms with Crippen LogP contribution in [0.1, 0.15) is 29.6 Å². The van der Waals surface area contributed by atoms with Crippen molar-refractivity contribution in [1.29, 1.82) is 0 Å². The number of anilines is 2. The van der Waals surface area contributed by atoms with Gasteiger partial charge < -0.3 is 21.1 Å². The fraction of sp³-hybridized carbons (Fsp3) is 0.381. The SMILES string of the molecule is NC1CCCC1C1(O)CN(C(=O)c2ccc(F)c(F)c2Nc2ccc(I)cc2F)C1. The van der Waals surface area contributed by atoms with E-state index in [1.54, 1.807) is 6.07 Å². The minimum absolute atomic E-state index is 0.0700. The molecule has 1 heterocycles. The Morgan fingerprint density at radius 3 is 2.53 bits per heavy atom. The Labute approximate surface area is 185 Å². The second-order valence-electron chi connectivity index (χ2n) is 8.00. The van der Waals surface area contributed by atoms with Crippen LogP contribution in [-0.4, -0.2) is 40.6 Å². The zero-order valence-electron chi connectivity index (χ0n) is 16.0. The molecule has 160 valence electrons. The summed E-state index contributed by atoms with van der Waals surface area (Å²) in [6, 6.07) is 6.13. The van der Waals surface area contributed by atoms with Crippen molar-refractivity contribution in [3.05, 3.63) is 56.9 Å². The van der Waals surface area contributed by atoms with Crippen molar-refractivity contribution in [2.75, 3.05) is 18.4 Å². The van der Waals surface area contributed by atoms with Crippen LogP contribution in [0.2, 0.25) is 0 Å². The fourth-order valence-corrected chi connectivity index (χ4v) is 4.85. The van der Waals surface area contributed by atoms with Gasteiger partial charge in [-0.25, -0.2) is 13.2 Å². The molecular formula is C21H21F3IN3O2. The number of hydrogen-bond donors (Lipinski definition) is 3. The lowest BCUT2D eigenvalue weighted by atomic mass is 9.77. The van der Waals surface area contributed by atoms with Gasteiger partial charge in [-0.2, -0.15) is 0 Å². The molecule has 5 nitrogen and oxygen atoms in total. The lowest BCUT2D eigenvalue weighted by Gasteiger charge is -2.51. The van der Waals surface area contributed by atoms with Gasteiger partial charge in [0.05, 0.1) is 30.0 Å². The lowest BCUT2D eigenvalue weighted by Crippen LogP contribution is -2.68. The first-order chi connectivity index (χ1) is 14.2. The molecule has 0 aromatic heterocycles. The van der Waals surface area contributed by atoms with Crippen molar-refractivity contribution in [3.63, 3.8) is 0 Å². The molecule has 1 aliphatic carbocycles. The highest BCUT2D eigenvalue weighted by Crippen LogP contribution is 2.40. The molecule has 0 bridgehead atoms. The Kier molecular flexibility index (Phi) is 5.71. The van der Waals surface area contributed by atoms with E-state index < -0.39 is 34.6 Å². The highest BCUT2D eigenvalue weighted by Gasteiger charge is 2.52. The van der Waals surface area contributed by atoms with Crippen molar-refractivity contribution in [2.45, 2.75) is 30.9 Å². The maximum absolute atomic E-state index is 14.6. The minimum atomic E-state index is -1.27. The van der Waals surface area contributed by atoms with E-state index in [1.807, 2.05) is 22.6 Å². The van der Waals surface area contributed by atoms with E-state index in [1.165, 1.54) is 17.0 Å². The van der Waals surface area contributed by atoms with E-state index in [0.717, 1.165) is 31.4 Å². The number of nitrogens with one attached hydrogen (secondary N) is 1. The number of benzene rings is 2. The van der Waals surface area contributed by atoms with Crippen LogP contribution in [0.5, 0.6) is 0 Å². The van der Waals surface area contributed by atoms with E-state index in [2.05, 4.69) is 5.32 Å². The predicted octanol–water partition coefficient (Wildman–Crippen LogP) is 3.77. The third-order valence-electron chi connectivity index (χ3n) is 5.99. The third-order valence-corrected chi connectivity index (χ3v) is 6.66. The average Bonchev–Trinajstić information content (AvgIpc) is 3.11. The highest BCUT2D eigenvalue weighted by molar-refractivity contribution is 14.1. The normalized spacial score (nSPS) is 22.7. The molecule has 2 atom stereocenters. The van der Waals surface area contributed by atoms with Crippen molar-refractivity contribution < 1.29 is 23.1 Å². The molecule has 0 radical (unpaired) electrons. The summed E-state index contributed by atoms with van der Waals surface area (Å²) in [5.41, 5.74) is 4.36. The molecule has 1 aliphatic heterocycles. The van der Waals surface area contributed by atoms with Crippen LogP contribution >= 0.6 is 22.6 Å². The van der Waals surface area contributed by atoms with Gasteiger partial charge in [-0.15, -0.1) is 0 Å². The van der Waals surface area contributed by atoms with Gasteiger partial charge in [0.25, 0.3) is 5.91 Å². The highest BCUT2D eigenvalue weighted by atomic mass is 127. The summed E-state index contributed by atoms with van der Waals surface area (Å²) in [6.45, 7) is 0.140. The fourth-order valence-electron chi connectivity index (χ4n) is 4.40. The zero-order valence-corrected chi connectivity index (χ0v) is 18.1. The number of aliphatic hydroxyl groups is 1. The minimum Gasteiger partial charge on any atom is -0.386 e. The number of likely N-dealkylation sites (tertiary alicyclic amines) is 1. The van der Waals surface area contributed by atoms with Gasteiger partial charge in [0.15, 0.2) is 11.6 Å². The van der Waals surface area contributed by atoms with Gasteiger partial charge in [-0.1, -0.05) is 6.42 Å². The van der Waals surface area contributed by atoms with Crippen molar-refractivity contribution in [2.24, 2.45) is 11.7 Å². The van der Waals surface area contributed by atoms with Crippen LogP contribution in [-0.2, 0) is 0 Å². The summed E-state index contributed by atoms with van der Waals surface area (Å²) in [4.78, 5) is 14.4. The number of nitrogens with zero attached hydrogens (tertiary/aromatic N) is 1. The monoisotopic (exact) mass is 531 g/mol. The summed E-state index contributed by atoms with van der Waals surface area (Å²) in [5, 5.41) is 13.4. The topological polar surface area (TPSA) is 78.6 Å². The summed E-state index contributed by atoms with van der Waals surface area (Å²) in [5.74, 6) is -3.74. The molecule has 2 aliphatic rings. The van der Waals surface area contributed by atoms with Gasteiger partial charge in [-0.3, -0.25) is 4.79 Å². The first-order valence-electron chi connectivity index (χ1n) is 9.67. The Bertz CT molecular complexity index is 998. The van der Waals surface area contributed by atoms with Crippen LogP contribution in [0, 0.1) is 26.9 Å². The first-order valence-corrected chi connectivity index (χ1v) is 10.7. The number of β-amino-alcohol motifs (C(OH)–C–C–N with tert-alkyl or cyclic N) is 1. The zero-order chi connectivity index (χ0) is 21.6. The van der Waals surface area contributed by atoms with Gasteiger partial charge in [0.1, 0.15) is 11.4 Å². The van der Waals surface area contributed by atoms with Crippen molar-refractivity contribution in [1.82, 2.24) is 4.90 Å². The van der Waals surface area contributed by atoms with Crippen LogP contribution in [0.15, 0.2) is 30.3 Å². The Morgan fingerprint density at radius 1 is 1.17 bits per heavy atom. The number of rotatable bonds is 4. The van der Waals surface area contributed by atoms with E-state index >= 15 is 0 Å². The van der Waals surface area contributed by atoms with E-state index in [-0.39, 0.29) is 36.3 Å². The Morgan fingerprint density at radius 2 is 1.90 bits per heavy atom. The van der Waals surface area contributed by atoms with Crippen LogP contribution in [0.25, 0.3) is 0 Å². The maximum Gasteiger partial charge on any atom is 0.256 e. The predicted molar refractivity (Wildman–Crippen MR) is 115 cm³/mol. The van der Waals surface area contributed by atoms with Crippen LogP contribution < -0.4 is 11.1 Å². The average molecular weight is 531 g/mol. The molecule has 2 unspecified atom stereocenters. The van der Waals surface area contributed by atoms with Crippen molar-refractivity contribution >= 4 is 39.9 Å². The third kappa shape index (κ3) is 3.78. The molecule has 4 N–H and O–H groups in total. The van der Waals surface area contributed by atoms with E-state index in [9.17, 15) is 23.1 Å². The van der Waals surface area contributed by atoms with Gasteiger partial charge >= 0.3 is 0 Å². The van der Waals surface area contributed by atoms with E-state index in [4.69, 9.17) is 5.73 Å². The van der Waals surface area contributed by atoms with Gasteiger partial charge in [0.2, 0.25) is 0 Å². The quantitative estimate of drug-likeness (QED) is 0.526. The van der Waals surface area contributed by atoms with E-state index in [0.29, 0.717) is 3.57 Å². The Hall–Kier alpha value is -1.85. The summed E-state index contributed by atoms with van der Waals surface area (Å²) in [7, 11) is 0.